The Kier molecular flexibility index (Phi) is 6.57. The summed E-state index contributed by atoms with van der Waals surface area (Å²) in [4.78, 5) is 12.0. The molecule has 1 heterocycles. The van der Waals surface area contributed by atoms with Gasteiger partial charge in [0.25, 0.3) is 0 Å². The summed E-state index contributed by atoms with van der Waals surface area (Å²) in [5, 5.41) is 0. The lowest BCUT2D eigenvalue weighted by Crippen LogP contribution is -2.17. The van der Waals surface area contributed by atoms with E-state index in [0.717, 1.165) is 25.4 Å². The molecule has 1 atom stereocenters. The van der Waals surface area contributed by atoms with E-state index >= 15 is 0 Å². The van der Waals surface area contributed by atoms with Crippen molar-refractivity contribution in [3.05, 3.63) is 0 Å². The highest BCUT2D eigenvalue weighted by molar-refractivity contribution is 5.47. The van der Waals surface area contributed by atoms with Crippen LogP contribution in [0.2, 0.25) is 0 Å². The lowest BCUT2D eigenvalue weighted by Gasteiger charge is -2.14. The highest BCUT2D eigenvalue weighted by atomic mass is 16.5. The fourth-order valence-corrected chi connectivity index (χ4v) is 1.29. The number of likely N-dealkylation sites (tertiary alicyclic amines) is 1. The average Bonchev–Trinajstić information content (AvgIpc) is 2.65. The summed E-state index contributed by atoms with van der Waals surface area (Å²) in [6.07, 6.45) is 3.37. The molecule has 1 aliphatic heterocycles. The van der Waals surface area contributed by atoms with Crippen LogP contribution in [0.3, 0.4) is 0 Å². The van der Waals surface area contributed by atoms with Gasteiger partial charge >= 0.3 is 0 Å². The Morgan fingerprint density at radius 3 is 2.20 bits per heavy atom. The Balaban J connectivity index is 0.000000288. The zero-order chi connectivity index (χ0) is 11.9. The highest BCUT2D eigenvalue weighted by Crippen LogP contribution is 2.16. The monoisotopic (exact) mass is 215 g/mol. The van der Waals surface area contributed by atoms with E-state index in [1.807, 2.05) is 25.7 Å². The molecule has 1 amide bonds. The van der Waals surface area contributed by atoms with Crippen LogP contribution in [0.1, 0.15) is 40.5 Å². The van der Waals surface area contributed by atoms with Crippen molar-refractivity contribution >= 4 is 6.41 Å². The summed E-state index contributed by atoms with van der Waals surface area (Å²) < 4.78 is 4.94. The molecular weight excluding hydrogens is 190 g/mol. The quantitative estimate of drug-likeness (QED) is 0.662. The first-order valence-electron chi connectivity index (χ1n) is 5.67. The summed E-state index contributed by atoms with van der Waals surface area (Å²) in [6, 6.07) is 0. The zero-order valence-electron chi connectivity index (χ0n) is 10.7. The lowest BCUT2D eigenvalue weighted by molar-refractivity contribution is -0.117. The first kappa shape index (κ1) is 14.4. The van der Waals surface area contributed by atoms with Crippen LogP contribution in [0.25, 0.3) is 0 Å². The molecular formula is C12H25NO2. The van der Waals surface area contributed by atoms with Crippen LogP contribution in [-0.4, -0.2) is 37.1 Å². The van der Waals surface area contributed by atoms with Crippen LogP contribution in [0.5, 0.6) is 0 Å². The molecule has 0 radical (unpaired) electrons. The Labute approximate surface area is 93.8 Å². The topological polar surface area (TPSA) is 29.5 Å². The fourth-order valence-electron chi connectivity index (χ4n) is 1.29. The molecule has 0 spiro atoms. The molecule has 1 saturated heterocycles. The predicted octanol–water partition coefficient (Wildman–Crippen LogP) is 2.31. The first-order chi connectivity index (χ1) is 6.92. The Hall–Kier alpha value is -0.570. The second-order valence-electron chi connectivity index (χ2n) is 4.98. The molecule has 3 nitrogen and oxygen atoms in total. The third-order valence-corrected chi connectivity index (χ3v) is 2.66. The maximum absolute atomic E-state index is 10.2. The molecule has 3 heteroatoms. The van der Waals surface area contributed by atoms with Crippen molar-refractivity contribution in [2.45, 2.75) is 46.1 Å². The molecule has 90 valence electrons. The van der Waals surface area contributed by atoms with E-state index < -0.39 is 0 Å². The Morgan fingerprint density at radius 2 is 2.00 bits per heavy atom. The third-order valence-electron chi connectivity index (χ3n) is 2.66. The van der Waals surface area contributed by atoms with Gasteiger partial charge in [0, 0.05) is 20.2 Å². The smallest absolute Gasteiger partial charge is 0.209 e. The molecule has 1 fully saturated rings. The number of methoxy groups -OCH3 is 1. The van der Waals surface area contributed by atoms with Crippen LogP contribution in [0.15, 0.2) is 0 Å². The number of amides is 1. The van der Waals surface area contributed by atoms with Crippen LogP contribution in [0.4, 0.5) is 0 Å². The van der Waals surface area contributed by atoms with Gasteiger partial charge in [-0.05, 0) is 33.1 Å². The Bertz CT molecular complexity index is 175. The van der Waals surface area contributed by atoms with Crippen molar-refractivity contribution in [1.82, 2.24) is 4.90 Å². The predicted molar refractivity (Wildman–Crippen MR) is 62.8 cm³/mol. The SMILES string of the molecule is CCC1CCN(C=O)C1.COC(C)(C)C. The summed E-state index contributed by atoms with van der Waals surface area (Å²) in [5.41, 5.74) is 0.0417. The highest BCUT2D eigenvalue weighted by Gasteiger charge is 2.18. The minimum absolute atomic E-state index is 0.0417. The van der Waals surface area contributed by atoms with Crippen molar-refractivity contribution in [1.29, 1.82) is 0 Å². The molecule has 0 aromatic carbocycles. The van der Waals surface area contributed by atoms with E-state index in [-0.39, 0.29) is 5.60 Å². The fraction of sp³-hybridized carbons (Fsp3) is 0.917. The van der Waals surface area contributed by atoms with Crippen molar-refractivity contribution in [3.8, 4) is 0 Å². The summed E-state index contributed by atoms with van der Waals surface area (Å²) in [6.45, 7) is 10.2. The maximum Gasteiger partial charge on any atom is 0.209 e. The van der Waals surface area contributed by atoms with Crippen LogP contribution >= 0.6 is 0 Å². The van der Waals surface area contributed by atoms with Crippen LogP contribution in [-0.2, 0) is 9.53 Å². The van der Waals surface area contributed by atoms with Crippen molar-refractivity contribution in [2.24, 2.45) is 5.92 Å². The third kappa shape index (κ3) is 7.37. The van der Waals surface area contributed by atoms with E-state index in [9.17, 15) is 4.79 Å². The molecule has 1 unspecified atom stereocenters. The number of ether oxygens (including phenoxy) is 1. The van der Waals surface area contributed by atoms with E-state index in [1.54, 1.807) is 7.11 Å². The largest absolute Gasteiger partial charge is 0.379 e. The first-order valence-corrected chi connectivity index (χ1v) is 5.67. The molecule has 1 rings (SSSR count). The number of nitrogens with zero attached hydrogens (tertiary/aromatic N) is 1. The molecule has 0 bridgehead atoms. The minimum Gasteiger partial charge on any atom is -0.379 e. The zero-order valence-corrected chi connectivity index (χ0v) is 10.7. The van der Waals surface area contributed by atoms with Gasteiger partial charge in [-0.15, -0.1) is 0 Å². The minimum atomic E-state index is 0.0417. The molecule has 0 aliphatic carbocycles. The van der Waals surface area contributed by atoms with Crippen LogP contribution < -0.4 is 0 Å². The number of rotatable bonds is 2. The van der Waals surface area contributed by atoms with Gasteiger partial charge in [-0.25, -0.2) is 0 Å². The van der Waals surface area contributed by atoms with Gasteiger partial charge in [0.2, 0.25) is 6.41 Å². The van der Waals surface area contributed by atoms with Crippen LogP contribution in [0, 0.1) is 5.92 Å². The van der Waals surface area contributed by atoms with E-state index in [0.29, 0.717) is 0 Å². The summed E-state index contributed by atoms with van der Waals surface area (Å²) >= 11 is 0. The second-order valence-corrected chi connectivity index (χ2v) is 4.98. The Morgan fingerprint density at radius 1 is 1.47 bits per heavy atom. The molecule has 0 N–H and O–H groups in total. The standard InChI is InChI=1S/C7H13NO.C5H12O/c1-2-7-3-4-8(5-7)6-9;1-5(2,3)6-4/h6-7H,2-5H2,1H3;1-4H3. The van der Waals surface area contributed by atoms with E-state index in [2.05, 4.69) is 6.92 Å². The van der Waals surface area contributed by atoms with Crippen molar-refractivity contribution in [3.63, 3.8) is 0 Å². The molecule has 0 aromatic rings. The normalized spacial score (nSPS) is 20.9. The van der Waals surface area contributed by atoms with Gasteiger partial charge in [0.15, 0.2) is 0 Å². The van der Waals surface area contributed by atoms with Crippen molar-refractivity contribution in [2.75, 3.05) is 20.2 Å². The van der Waals surface area contributed by atoms with Gasteiger partial charge < -0.3 is 9.64 Å². The summed E-state index contributed by atoms with van der Waals surface area (Å²) in [7, 11) is 1.71. The maximum atomic E-state index is 10.2. The van der Waals surface area contributed by atoms with Gasteiger partial charge in [-0.2, -0.15) is 0 Å². The number of carbonyl (C=O) groups is 1. The second kappa shape index (κ2) is 6.83. The number of hydrogen-bond acceptors (Lipinski definition) is 2. The van der Waals surface area contributed by atoms with Crippen molar-refractivity contribution < 1.29 is 9.53 Å². The van der Waals surface area contributed by atoms with E-state index in [4.69, 9.17) is 4.74 Å². The van der Waals surface area contributed by atoms with Gasteiger partial charge in [0.05, 0.1) is 5.60 Å². The number of hydrogen-bond donors (Lipinski definition) is 0. The number of carbonyl (C=O) groups excluding carboxylic acids is 1. The van der Waals surface area contributed by atoms with E-state index in [1.165, 1.54) is 12.8 Å². The molecule has 0 saturated carbocycles. The van der Waals surface area contributed by atoms with Gasteiger partial charge in [0.1, 0.15) is 0 Å². The van der Waals surface area contributed by atoms with Gasteiger partial charge in [-0.1, -0.05) is 13.3 Å². The lowest BCUT2D eigenvalue weighted by atomic mass is 10.1. The molecule has 1 aliphatic rings. The van der Waals surface area contributed by atoms with Gasteiger partial charge in [-0.3, -0.25) is 4.79 Å². The average molecular weight is 215 g/mol. The summed E-state index contributed by atoms with van der Waals surface area (Å²) in [5.74, 6) is 0.773. The molecule has 15 heavy (non-hydrogen) atoms. The molecule has 0 aromatic heterocycles.